The van der Waals surface area contributed by atoms with E-state index in [0.717, 1.165) is 18.4 Å². The summed E-state index contributed by atoms with van der Waals surface area (Å²) in [5.41, 5.74) is 6.11. The van der Waals surface area contributed by atoms with Gasteiger partial charge in [-0.15, -0.1) is 0 Å². The van der Waals surface area contributed by atoms with Crippen molar-refractivity contribution in [3.05, 3.63) is 35.9 Å². The molecular formula is C14H20N2O2. The van der Waals surface area contributed by atoms with E-state index < -0.39 is 5.54 Å². The third-order valence-corrected chi connectivity index (χ3v) is 3.60. The van der Waals surface area contributed by atoms with Crippen LogP contribution in [0.4, 0.5) is 0 Å². The Kier molecular flexibility index (Phi) is 3.68. The lowest BCUT2D eigenvalue weighted by Gasteiger charge is -2.26. The zero-order chi connectivity index (χ0) is 13.2. The average molecular weight is 248 g/mol. The summed E-state index contributed by atoms with van der Waals surface area (Å²) in [6.45, 7) is 1.63. The molecule has 98 valence electrons. The summed E-state index contributed by atoms with van der Waals surface area (Å²) < 4.78 is 0. The number of hydrogen-bond donors (Lipinski definition) is 3. The highest BCUT2D eigenvalue weighted by molar-refractivity contribution is 5.86. The van der Waals surface area contributed by atoms with E-state index >= 15 is 0 Å². The largest absolute Gasteiger partial charge is 0.394 e. The van der Waals surface area contributed by atoms with Gasteiger partial charge in [-0.3, -0.25) is 4.79 Å². The first-order chi connectivity index (χ1) is 8.55. The molecule has 1 saturated carbocycles. The van der Waals surface area contributed by atoms with Crippen LogP contribution in [0.15, 0.2) is 30.3 Å². The maximum atomic E-state index is 12.1. The topological polar surface area (TPSA) is 75.4 Å². The number of amides is 1. The molecule has 2 rings (SSSR count). The number of nitrogens with one attached hydrogen (secondary N) is 1. The molecule has 0 radical (unpaired) electrons. The van der Waals surface area contributed by atoms with Crippen LogP contribution in [0.5, 0.6) is 0 Å². The van der Waals surface area contributed by atoms with E-state index in [1.807, 2.05) is 30.3 Å². The Morgan fingerprint density at radius 2 is 2.11 bits per heavy atom. The molecule has 1 aliphatic rings. The standard InChI is InChI=1S/C14H20N2O2/c1-14(15,11-7-8-11)13(18)16-12(9-17)10-5-3-2-4-6-10/h2-6,11-12,17H,7-9,15H2,1H3,(H,16,18)/t12-,14?/m0/s1. The number of hydrogen-bond acceptors (Lipinski definition) is 3. The number of rotatable bonds is 5. The molecule has 18 heavy (non-hydrogen) atoms. The van der Waals surface area contributed by atoms with Crippen LogP contribution in [0.3, 0.4) is 0 Å². The van der Waals surface area contributed by atoms with Gasteiger partial charge in [-0.1, -0.05) is 30.3 Å². The molecule has 2 atom stereocenters. The van der Waals surface area contributed by atoms with Crippen molar-refractivity contribution in [2.45, 2.75) is 31.3 Å². The number of carbonyl (C=O) groups excluding carboxylic acids is 1. The smallest absolute Gasteiger partial charge is 0.240 e. The average Bonchev–Trinajstić information content (AvgIpc) is 3.21. The normalized spacial score (nSPS) is 19.9. The van der Waals surface area contributed by atoms with Gasteiger partial charge in [-0.25, -0.2) is 0 Å². The van der Waals surface area contributed by atoms with Crippen LogP contribution in [-0.4, -0.2) is 23.2 Å². The van der Waals surface area contributed by atoms with Crippen LogP contribution < -0.4 is 11.1 Å². The molecule has 4 nitrogen and oxygen atoms in total. The molecule has 1 fully saturated rings. The van der Waals surface area contributed by atoms with Crippen LogP contribution in [0.1, 0.15) is 31.4 Å². The SMILES string of the molecule is CC(N)(C(=O)N[C@@H](CO)c1ccccc1)C1CC1. The minimum atomic E-state index is -0.831. The van der Waals surface area contributed by atoms with Crippen LogP contribution in [0.2, 0.25) is 0 Å². The first kappa shape index (κ1) is 13.1. The van der Waals surface area contributed by atoms with Gasteiger partial charge in [0.15, 0.2) is 0 Å². The zero-order valence-electron chi connectivity index (χ0n) is 10.6. The molecule has 1 amide bonds. The lowest BCUT2D eigenvalue weighted by molar-refractivity contribution is -0.127. The highest BCUT2D eigenvalue weighted by Gasteiger charge is 2.44. The first-order valence-corrected chi connectivity index (χ1v) is 6.31. The van der Waals surface area contributed by atoms with E-state index in [0.29, 0.717) is 0 Å². The molecule has 0 aliphatic heterocycles. The van der Waals surface area contributed by atoms with Gasteiger partial charge < -0.3 is 16.2 Å². The van der Waals surface area contributed by atoms with E-state index in [4.69, 9.17) is 5.73 Å². The molecule has 4 N–H and O–H groups in total. The number of aliphatic hydroxyl groups is 1. The van der Waals surface area contributed by atoms with Gasteiger partial charge in [0.25, 0.3) is 0 Å². The van der Waals surface area contributed by atoms with Gasteiger partial charge in [0.2, 0.25) is 5.91 Å². The van der Waals surface area contributed by atoms with Crippen LogP contribution in [-0.2, 0) is 4.79 Å². The predicted octanol–water partition coefficient (Wildman–Crippen LogP) is 0.964. The van der Waals surface area contributed by atoms with Gasteiger partial charge in [0.05, 0.1) is 18.2 Å². The lowest BCUT2D eigenvalue weighted by atomic mass is 9.95. The molecule has 0 spiro atoms. The third kappa shape index (κ3) is 2.71. The molecule has 0 saturated heterocycles. The Labute approximate surface area is 107 Å². The fourth-order valence-corrected chi connectivity index (χ4v) is 2.10. The number of nitrogens with two attached hydrogens (primary N) is 1. The van der Waals surface area contributed by atoms with Crippen molar-refractivity contribution >= 4 is 5.91 Å². The molecule has 4 heteroatoms. The number of aliphatic hydroxyl groups excluding tert-OH is 1. The van der Waals surface area contributed by atoms with E-state index in [9.17, 15) is 9.90 Å². The fourth-order valence-electron chi connectivity index (χ4n) is 2.10. The molecule has 1 unspecified atom stereocenters. The summed E-state index contributed by atoms with van der Waals surface area (Å²) in [4.78, 5) is 12.1. The van der Waals surface area contributed by atoms with Crippen LogP contribution in [0.25, 0.3) is 0 Å². The second kappa shape index (κ2) is 5.08. The first-order valence-electron chi connectivity index (χ1n) is 6.31. The Balaban J connectivity index is 2.05. The fraction of sp³-hybridized carbons (Fsp3) is 0.500. The number of carbonyl (C=O) groups is 1. The Morgan fingerprint density at radius 3 is 2.61 bits per heavy atom. The molecule has 0 heterocycles. The zero-order valence-corrected chi connectivity index (χ0v) is 10.6. The summed E-state index contributed by atoms with van der Waals surface area (Å²) in [5.74, 6) is 0.0838. The molecule has 1 aromatic carbocycles. The quantitative estimate of drug-likeness (QED) is 0.726. The molecule has 1 aliphatic carbocycles. The van der Waals surface area contributed by atoms with Crippen molar-refractivity contribution in [1.82, 2.24) is 5.32 Å². The van der Waals surface area contributed by atoms with E-state index in [1.165, 1.54) is 0 Å². The summed E-state index contributed by atoms with van der Waals surface area (Å²) in [6, 6.07) is 9.04. The second-order valence-corrected chi connectivity index (χ2v) is 5.18. The summed E-state index contributed by atoms with van der Waals surface area (Å²) in [7, 11) is 0. The van der Waals surface area contributed by atoms with Crippen molar-refractivity contribution in [1.29, 1.82) is 0 Å². The molecule has 1 aromatic rings. The molecule has 0 aromatic heterocycles. The Hall–Kier alpha value is -1.39. The van der Waals surface area contributed by atoms with Crippen LogP contribution >= 0.6 is 0 Å². The maximum Gasteiger partial charge on any atom is 0.240 e. The molecule has 0 bridgehead atoms. The monoisotopic (exact) mass is 248 g/mol. The van der Waals surface area contributed by atoms with Gasteiger partial charge in [0, 0.05) is 0 Å². The van der Waals surface area contributed by atoms with Gasteiger partial charge in [-0.05, 0) is 31.2 Å². The minimum Gasteiger partial charge on any atom is -0.394 e. The van der Waals surface area contributed by atoms with E-state index in [-0.39, 0.29) is 24.5 Å². The second-order valence-electron chi connectivity index (χ2n) is 5.18. The third-order valence-electron chi connectivity index (χ3n) is 3.60. The van der Waals surface area contributed by atoms with Crippen molar-refractivity contribution in [3.8, 4) is 0 Å². The van der Waals surface area contributed by atoms with Crippen molar-refractivity contribution in [2.75, 3.05) is 6.61 Å². The number of benzene rings is 1. The van der Waals surface area contributed by atoms with Gasteiger partial charge in [-0.2, -0.15) is 0 Å². The lowest BCUT2D eigenvalue weighted by Crippen LogP contribution is -2.54. The van der Waals surface area contributed by atoms with Crippen molar-refractivity contribution in [3.63, 3.8) is 0 Å². The van der Waals surface area contributed by atoms with E-state index in [1.54, 1.807) is 6.92 Å². The van der Waals surface area contributed by atoms with E-state index in [2.05, 4.69) is 5.32 Å². The maximum absolute atomic E-state index is 12.1. The molecular weight excluding hydrogens is 228 g/mol. The Bertz CT molecular complexity index is 413. The van der Waals surface area contributed by atoms with Gasteiger partial charge in [0.1, 0.15) is 0 Å². The minimum absolute atomic E-state index is 0.128. The highest BCUT2D eigenvalue weighted by atomic mass is 16.3. The van der Waals surface area contributed by atoms with Crippen LogP contribution in [0, 0.1) is 5.92 Å². The summed E-state index contributed by atoms with van der Waals surface area (Å²) >= 11 is 0. The van der Waals surface area contributed by atoms with Crippen molar-refractivity contribution in [2.24, 2.45) is 11.7 Å². The summed E-state index contributed by atoms with van der Waals surface area (Å²) in [5, 5.41) is 12.2. The summed E-state index contributed by atoms with van der Waals surface area (Å²) in [6.07, 6.45) is 2.02. The highest BCUT2D eigenvalue weighted by Crippen LogP contribution is 2.38. The Morgan fingerprint density at radius 1 is 1.50 bits per heavy atom. The van der Waals surface area contributed by atoms with Crippen molar-refractivity contribution < 1.29 is 9.90 Å². The van der Waals surface area contributed by atoms with Gasteiger partial charge >= 0.3 is 0 Å². The predicted molar refractivity (Wildman–Crippen MR) is 69.7 cm³/mol.